The first-order valence-electron chi connectivity index (χ1n) is 5.55. The molecule has 0 saturated heterocycles. The van der Waals surface area contributed by atoms with Crippen molar-refractivity contribution in [1.29, 1.82) is 0 Å². The quantitative estimate of drug-likeness (QED) is 0.543. The predicted molar refractivity (Wildman–Crippen MR) is 68.5 cm³/mol. The predicted octanol–water partition coefficient (Wildman–Crippen LogP) is 5.22. The summed E-state index contributed by atoms with van der Waals surface area (Å²) < 4.78 is 0. The van der Waals surface area contributed by atoms with Crippen LogP contribution in [-0.2, 0) is 0 Å². The van der Waals surface area contributed by atoms with Gasteiger partial charge in [-0.3, -0.25) is 0 Å². The Kier molecular flexibility index (Phi) is 10.3. The standard InChI is InChI=1S/2C7H14/c2*1-6(2)5-7(3)4/h5-6H,1-4H3;7H,1,5H2,2-4H3. The van der Waals surface area contributed by atoms with E-state index in [9.17, 15) is 0 Å². The maximum absolute atomic E-state index is 3.80. The molecule has 0 heteroatoms. The van der Waals surface area contributed by atoms with Crippen LogP contribution in [0.15, 0.2) is 23.8 Å². The molecule has 0 aromatic rings. The summed E-state index contributed by atoms with van der Waals surface area (Å²) in [6.45, 7) is 18.9. The molecule has 0 bridgehead atoms. The van der Waals surface area contributed by atoms with Crippen LogP contribution in [-0.4, -0.2) is 0 Å². The van der Waals surface area contributed by atoms with Gasteiger partial charge in [-0.05, 0) is 39.0 Å². The maximum Gasteiger partial charge on any atom is -0.0288 e. The molecule has 0 aromatic carbocycles. The number of allylic oxidation sites excluding steroid dienone is 3. The Labute approximate surface area is 91.1 Å². The molecule has 0 saturated carbocycles. The lowest BCUT2D eigenvalue weighted by Crippen LogP contribution is -1.84. The van der Waals surface area contributed by atoms with E-state index in [0.29, 0.717) is 5.92 Å². The van der Waals surface area contributed by atoms with Crippen LogP contribution in [0, 0.1) is 11.8 Å². The van der Waals surface area contributed by atoms with Crippen LogP contribution in [0.3, 0.4) is 0 Å². The average Bonchev–Trinajstić information content (AvgIpc) is 1.79. The lowest BCUT2D eigenvalue weighted by Gasteiger charge is -1.99. The van der Waals surface area contributed by atoms with Gasteiger partial charge in [-0.25, -0.2) is 0 Å². The SMILES string of the molecule is C=C(C)CC(C)C.CC(C)=CC(C)C. The smallest absolute Gasteiger partial charge is 0.0288 e. The minimum atomic E-state index is 0.713. The second-order valence-corrected chi connectivity index (χ2v) is 5.04. The molecule has 0 rings (SSSR count). The molecule has 0 N–H and O–H groups in total. The molecular weight excluding hydrogens is 168 g/mol. The highest BCUT2D eigenvalue weighted by atomic mass is 14.0. The van der Waals surface area contributed by atoms with Crippen LogP contribution in [0.1, 0.15) is 54.9 Å². The molecule has 0 atom stereocenters. The van der Waals surface area contributed by atoms with Gasteiger partial charge in [-0.1, -0.05) is 44.9 Å². The highest BCUT2D eigenvalue weighted by Gasteiger charge is 1.90. The third-order valence-corrected chi connectivity index (χ3v) is 1.42. The number of hydrogen-bond acceptors (Lipinski definition) is 0. The molecule has 84 valence electrons. The van der Waals surface area contributed by atoms with Crippen LogP contribution in [0.2, 0.25) is 0 Å². The molecule has 0 amide bonds. The van der Waals surface area contributed by atoms with Gasteiger partial charge in [0.05, 0.1) is 0 Å². The van der Waals surface area contributed by atoms with E-state index < -0.39 is 0 Å². The van der Waals surface area contributed by atoms with Gasteiger partial charge >= 0.3 is 0 Å². The first-order chi connectivity index (χ1) is 6.25. The summed E-state index contributed by atoms with van der Waals surface area (Å²) in [5, 5.41) is 0. The summed E-state index contributed by atoms with van der Waals surface area (Å²) in [5.41, 5.74) is 2.70. The van der Waals surface area contributed by atoms with Crippen molar-refractivity contribution in [2.45, 2.75) is 54.9 Å². The van der Waals surface area contributed by atoms with Crippen LogP contribution in [0.4, 0.5) is 0 Å². The molecule has 0 spiro atoms. The van der Waals surface area contributed by atoms with Gasteiger partial charge in [0.1, 0.15) is 0 Å². The first-order valence-corrected chi connectivity index (χ1v) is 5.55. The number of rotatable bonds is 3. The minimum absolute atomic E-state index is 0.713. The van der Waals surface area contributed by atoms with Gasteiger partial charge in [0.25, 0.3) is 0 Å². The molecule has 0 heterocycles. The zero-order valence-corrected chi connectivity index (χ0v) is 11.1. The zero-order chi connectivity index (χ0) is 11.7. The fourth-order valence-corrected chi connectivity index (χ4v) is 1.36. The molecule has 0 unspecified atom stereocenters. The van der Waals surface area contributed by atoms with E-state index in [1.54, 1.807) is 0 Å². The molecule has 0 fully saturated rings. The average molecular weight is 196 g/mol. The van der Waals surface area contributed by atoms with Crippen molar-refractivity contribution in [2.24, 2.45) is 11.8 Å². The van der Waals surface area contributed by atoms with Gasteiger partial charge in [0.15, 0.2) is 0 Å². The Morgan fingerprint density at radius 3 is 1.50 bits per heavy atom. The zero-order valence-electron chi connectivity index (χ0n) is 11.1. The highest BCUT2D eigenvalue weighted by molar-refractivity contribution is 4.94. The lowest BCUT2D eigenvalue weighted by atomic mass is 10.1. The van der Waals surface area contributed by atoms with Crippen molar-refractivity contribution >= 4 is 0 Å². The highest BCUT2D eigenvalue weighted by Crippen LogP contribution is 2.05. The Bertz CT molecular complexity index is 166. The normalized spacial score (nSPS) is 9.50. The van der Waals surface area contributed by atoms with E-state index in [1.807, 2.05) is 0 Å². The molecule has 0 aromatic heterocycles. The van der Waals surface area contributed by atoms with E-state index in [-0.39, 0.29) is 0 Å². The Morgan fingerprint density at radius 1 is 1.07 bits per heavy atom. The van der Waals surface area contributed by atoms with Crippen molar-refractivity contribution in [1.82, 2.24) is 0 Å². The van der Waals surface area contributed by atoms with E-state index in [4.69, 9.17) is 0 Å². The van der Waals surface area contributed by atoms with E-state index in [1.165, 1.54) is 17.6 Å². The fraction of sp³-hybridized carbons (Fsp3) is 0.714. The summed E-state index contributed by atoms with van der Waals surface area (Å²) in [6, 6.07) is 0. The summed E-state index contributed by atoms with van der Waals surface area (Å²) in [6.07, 6.45) is 3.42. The van der Waals surface area contributed by atoms with E-state index in [2.05, 4.69) is 61.1 Å². The minimum Gasteiger partial charge on any atom is -0.100 e. The maximum atomic E-state index is 3.80. The van der Waals surface area contributed by atoms with Crippen LogP contribution in [0.25, 0.3) is 0 Å². The molecule has 0 radical (unpaired) electrons. The van der Waals surface area contributed by atoms with Gasteiger partial charge < -0.3 is 0 Å². The van der Waals surface area contributed by atoms with Crippen LogP contribution in [0.5, 0.6) is 0 Å². The topological polar surface area (TPSA) is 0 Å². The van der Waals surface area contributed by atoms with Crippen molar-refractivity contribution in [2.75, 3.05) is 0 Å². The van der Waals surface area contributed by atoms with E-state index in [0.717, 1.165) is 5.92 Å². The molecule has 14 heavy (non-hydrogen) atoms. The fourth-order valence-electron chi connectivity index (χ4n) is 1.36. The molecule has 0 aliphatic heterocycles. The monoisotopic (exact) mass is 196 g/mol. The van der Waals surface area contributed by atoms with Crippen LogP contribution < -0.4 is 0 Å². The summed E-state index contributed by atoms with van der Waals surface area (Å²) >= 11 is 0. The van der Waals surface area contributed by atoms with Crippen molar-refractivity contribution in [3.63, 3.8) is 0 Å². The number of hydrogen-bond donors (Lipinski definition) is 0. The van der Waals surface area contributed by atoms with Crippen molar-refractivity contribution in [3.8, 4) is 0 Å². The Hall–Kier alpha value is -0.520. The van der Waals surface area contributed by atoms with Gasteiger partial charge in [0, 0.05) is 0 Å². The third kappa shape index (κ3) is 22.5. The summed E-state index contributed by atoms with van der Waals surface area (Å²) in [4.78, 5) is 0. The van der Waals surface area contributed by atoms with Crippen LogP contribution >= 0.6 is 0 Å². The van der Waals surface area contributed by atoms with Gasteiger partial charge in [-0.15, -0.1) is 6.58 Å². The van der Waals surface area contributed by atoms with Crippen molar-refractivity contribution < 1.29 is 0 Å². The van der Waals surface area contributed by atoms with Gasteiger partial charge in [-0.2, -0.15) is 0 Å². The second-order valence-electron chi connectivity index (χ2n) is 5.04. The van der Waals surface area contributed by atoms with Crippen molar-refractivity contribution in [3.05, 3.63) is 23.8 Å². The summed E-state index contributed by atoms with van der Waals surface area (Å²) in [5.74, 6) is 1.49. The second kappa shape index (κ2) is 9.05. The first kappa shape index (κ1) is 15.9. The molecule has 0 aliphatic carbocycles. The summed E-state index contributed by atoms with van der Waals surface area (Å²) in [7, 11) is 0. The largest absolute Gasteiger partial charge is 0.100 e. The van der Waals surface area contributed by atoms with Gasteiger partial charge in [0.2, 0.25) is 0 Å². The third-order valence-electron chi connectivity index (χ3n) is 1.42. The Morgan fingerprint density at radius 2 is 1.50 bits per heavy atom. The lowest BCUT2D eigenvalue weighted by molar-refractivity contribution is 0.644. The van der Waals surface area contributed by atoms with E-state index >= 15 is 0 Å². The Balaban J connectivity index is 0. The molecule has 0 aliphatic rings. The molecule has 0 nitrogen and oxygen atoms in total. The molecular formula is C14H28.